The van der Waals surface area contributed by atoms with Crippen LogP contribution in [0, 0.1) is 5.92 Å². The highest BCUT2D eigenvalue weighted by molar-refractivity contribution is 7.16. The highest BCUT2D eigenvalue weighted by atomic mass is 32.1. The molecule has 0 bridgehead atoms. The first-order chi connectivity index (χ1) is 8.74. The van der Waals surface area contributed by atoms with Crippen molar-refractivity contribution >= 4 is 16.5 Å². The number of aromatic nitrogens is 1. The first-order valence-electron chi connectivity index (χ1n) is 6.20. The van der Waals surface area contributed by atoms with Gasteiger partial charge in [-0.1, -0.05) is 37.3 Å². The Balaban J connectivity index is 1.92. The van der Waals surface area contributed by atoms with Crippen LogP contribution in [0.2, 0.25) is 0 Å². The molecule has 1 aromatic carbocycles. The third-order valence-electron chi connectivity index (χ3n) is 2.86. The Morgan fingerprint density at radius 3 is 3.06 bits per heavy atom. The third-order valence-corrected chi connectivity index (χ3v) is 3.85. The fourth-order valence-electron chi connectivity index (χ4n) is 1.96. The molecular formula is C14H16N2OS. The highest BCUT2D eigenvalue weighted by Crippen LogP contribution is 2.40. The number of rotatable bonds is 3. The number of fused-ring (bicyclic) bond motifs is 3. The molecule has 1 aliphatic rings. The van der Waals surface area contributed by atoms with Gasteiger partial charge in [-0.15, -0.1) is 0 Å². The van der Waals surface area contributed by atoms with Crippen LogP contribution in [-0.2, 0) is 6.61 Å². The number of benzene rings is 1. The predicted molar refractivity (Wildman–Crippen MR) is 75.2 cm³/mol. The Bertz CT molecular complexity index is 563. The molecule has 0 saturated heterocycles. The van der Waals surface area contributed by atoms with Crippen LogP contribution in [0.15, 0.2) is 24.3 Å². The Labute approximate surface area is 111 Å². The summed E-state index contributed by atoms with van der Waals surface area (Å²) in [5, 5.41) is 4.38. The molecule has 1 aromatic heterocycles. The zero-order valence-corrected chi connectivity index (χ0v) is 11.4. The predicted octanol–water partition coefficient (Wildman–Crippen LogP) is 3.77. The van der Waals surface area contributed by atoms with E-state index >= 15 is 0 Å². The van der Waals surface area contributed by atoms with Gasteiger partial charge in [-0.2, -0.15) is 0 Å². The van der Waals surface area contributed by atoms with Crippen molar-refractivity contribution in [3.05, 3.63) is 29.1 Å². The van der Waals surface area contributed by atoms with E-state index in [2.05, 4.69) is 25.2 Å². The van der Waals surface area contributed by atoms with Gasteiger partial charge in [0.15, 0.2) is 5.13 Å². The second kappa shape index (κ2) is 4.61. The van der Waals surface area contributed by atoms with Crippen LogP contribution >= 0.6 is 11.3 Å². The minimum absolute atomic E-state index is 0.620. The second-order valence-corrected chi connectivity index (χ2v) is 5.93. The molecule has 0 amide bonds. The number of anilines is 1. The number of thiazole rings is 1. The quantitative estimate of drug-likeness (QED) is 0.912. The Hall–Kier alpha value is -1.55. The molecule has 0 unspecified atom stereocenters. The highest BCUT2D eigenvalue weighted by Gasteiger charge is 2.21. The lowest BCUT2D eigenvalue weighted by Gasteiger charge is -2.15. The van der Waals surface area contributed by atoms with Crippen molar-refractivity contribution in [2.75, 3.05) is 11.9 Å². The molecule has 3 rings (SSSR count). The van der Waals surface area contributed by atoms with E-state index in [0.717, 1.165) is 28.7 Å². The van der Waals surface area contributed by atoms with Crippen molar-refractivity contribution in [3.63, 3.8) is 0 Å². The van der Waals surface area contributed by atoms with E-state index < -0.39 is 0 Å². The number of nitrogens with zero attached hydrogens (tertiary/aromatic N) is 1. The molecule has 3 nitrogen and oxygen atoms in total. The average molecular weight is 260 g/mol. The number of hydrogen-bond acceptors (Lipinski definition) is 4. The summed E-state index contributed by atoms with van der Waals surface area (Å²) in [5.74, 6) is 1.56. The maximum absolute atomic E-state index is 5.73. The minimum Gasteiger partial charge on any atom is -0.487 e. The number of hydrogen-bond donors (Lipinski definition) is 1. The average Bonchev–Trinajstić information content (AvgIpc) is 2.79. The van der Waals surface area contributed by atoms with Gasteiger partial charge in [-0.05, 0) is 18.1 Å². The Morgan fingerprint density at radius 1 is 1.39 bits per heavy atom. The third kappa shape index (κ3) is 2.08. The van der Waals surface area contributed by atoms with Crippen molar-refractivity contribution in [2.24, 2.45) is 5.92 Å². The molecule has 94 valence electrons. The summed E-state index contributed by atoms with van der Waals surface area (Å²) in [7, 11) is 0. The van der Waals surface area contributed by atoms with Crippen molar-refractivity contribution in [2.45, 2.75) is 20.5 Å². The summed E-state index contributed by atoms with van der Waals surface area (Å²) in [5.41, 5.74) is 2.18. The monoisotopic (exact) mass is 260 g/mol. The van der Waals surface area contributed by atoms with Gasteiger partial charge < -0.3 is 10.1 Å². The molecule has 0 saturated carbocycles. The van der Waals surface area contributed by atoms with Crippen molar-refractivity contribution < 1.29 is 4.74 Å². The van der Waals surface area contributed by atoms with E-state index in [4.69, 9.17) is 9.72 Å². The number of ether oxygens (including phenoxy) is 1. The van der Waals surface area contributed by atoms with Crippen LogP contribution in [0.3, 0.4) is 0 Å². The number of nitrogens with one attached hydrogen (secondary N) is 1. The van der Waals surface area contributed by atoms with Crippen molar-refractivity contribution in [3.8, 4) is 17.0 Å². The topological polar surface area (TPSA) is 34.2 Å². The van der Waals surface area contributed by atoms with Gasteiger partial charge in [-0.25, -0.2) is 4.98 Å². The molecule has 1 N–H and O–H groups in total. The normalized spacial score (nSPS) is 12.8. The van der Waals surface area contributed by atoms with Gasteiger partial charge >= 0.3 is 0 Å². The van der Waals surface area contributed by atoms with E-state index in [1.807, 2.05) is 18.2 Å². The van der Waals surface area contributed by atoms with Crippen LogP contribution in [0.5, 0.6) is 5.75 Å². The van der Waals surface area contributed by atoms with E-state index in [9.17, 15) is 0 Å². The zero-order chi connectivity index (χ0) is 12.5. The van der Waals surface area contributed by atoms with Crippen LogP contribution in [-0.4, -0.2) is 11.5 Å². The molecule has 0 radical (unpaired) electrons. The fourth-order valence-corrected chi connectivity index (χ4v) is 2.85. The lowest BCUT2D eigenvalue weighted by atomic mass is 10.1. The van der Waals surface area contributed by atoms with Crippen LogP contribution in [0.4, 0.5) is 5.13 Å². The molecule has 2 aromatic rings. The summed E-state index contributed by atoms with van der Waals surface area (Å²) >= 11 is 1.69. The Kier molecular flexibility index (Phi) is 2.96. The van der Waals surface area contributed by atoms with E-state index in [1.165, 1.54) is 4.88 Å². The molecule has 4 heteroatoms. The molecular weight excluding hydrogens is 244 g/mol. The summed E-state index contributed by atoms with van der Waals surface area (Å²) in [4.78, 5) is 5.90. The molecule has 0 fully saturated rings. The van der Waals surface area contributed by atoms with Crippen molar-refractivity contribution in [1.82, 2.24) is 4.98 Å². The van der Waals surface area contributed by atoms with Gasteiger partial charge in [0.25, 0.3) is 0 Å². The SMILES string of the molecule is CC(C)CNc1nc2c(s1)COc1ccccc1-2. The van der Waals surface area contributed by atoms with Gasteiger partial charge in [0, 0.05) is 12.1 Å². The molecule has 18 heavy (non-hydrogen) atoms. The fraction of sp³-hybridized carbons (Fsp3) is 0.357. The molecule has 1 aliphatic heterocycles. The largest absolute Gasteiger partial charge is 0.487 e. The van der Waals surface area contributed by atoms with Crippen LogP contribution in [0.25, 0.3) is 11.3 Å². The second-order valence-electron chi connectivity index (χ2n) is 4.85. The van der Waals surface area contributed by atoms with Gasteiger partial charge in [0.2, 0.25) is 0 Å². The maximum Gasteiger partial charge on any atom is 0.183 e. The maximum atomic E-state index is 5.73. The lowest BCUT2D eigenvalue weighted by molar-refractivity contribution is 0.305. The van der Waals surface area contributed by atoms with E-state index in [-0.39, 0.29) is 0 Å². The zero-order valence-electron chi connectivity index (χ0n) is 10.6. The van der Waals surface area contributed by atoms with Crippen molar-refractivity contribution in [1.29, 1.82) is 0 Å². The number of para-hydroxylation sites is 1. The summed E-state index contributed by atoms with van der Waals surface area (Å²) in [6, 6.07) is 8.09. The molecule has 2 heterocycles. The molecule has 0 aliphatic carbocycles. The summed E-state index contributed by atoms with van der Waals surface area (Å²) < 4.78 is 5.73. The first-order valence-corrected chi connectivity index (χ1v) is 7.01. The minimum atomic E-state index is 0.620. The smallest absolute Gasteiger partial charge is 0.183 e. The standard InChI is InChI=1S/C14H16N2OS/c1-9(2)7-15-14-16-13-10-5-3-4-6-11(10)17-8-12(13)18-14/h3-6,9H,7-8H2,1-2H3,(H,15,16). The summed E-state index contributed by atoms with van der Waals surface area (Å²) in [6.07, 6.45) is 0. The van der Waals surface area contributed by atoms with Crippen LogP contribution in [0.1, 0.15) is 18.7 Å². The van der Waals surface area contributed by atoms with E-state index in [0.29, 0.717) is 12.5 Å². The summed E-state index contributed by atoms with van der Waals surface area (Å²) in [6.45, 7) is 5.97. The molecule has 0 atom stereocenters. The van der Waals surface area contributed by atoms with Crippen LogP contribution < -0.4 is 10.1 Å². The Morgan fingerprint density at radius 2 is 2.22 bits per heavy atom. The first kappa shape index (κ1) is 11.5. The van der Waals surface area contributed by atoms with E-state index in [1.54, 1.807) is 11.3 Å². The lowest BCUT2D eigenvalue weighted by Crippen LogP contribution is -2.07. The molecule has 0 spiro atoms. The van der Waals surface area contributed by atoms with Gasteiger partial charge in [0.05, 0.1) is 10.6 Å². The van der Waals surface area contributed by atoms with Gasteiger partial charge in [0.1, 0.15) is 12.4 Å². The van der Waals surface area contributed by atoms with Gasteiger partial charge in [-0.3, -0.25) is 0 Å².